The number of nitrogens with one attached hydrogen (secondary N) is 1. The van der Waals surface area contributed by atoms with Gasteiger partial charge >= 0.3 is 0 Å². The minimum Gasteiger partial charge on any atom is -0.363 e. The quantitative estimate of drug-likeness (QED) is 0.838. The van der Waals surface area contributed by atoms with Gasteiger partial charge in [-0.05, 0) is 17.7 Å². The smallest absolute Gasteiger partial charge is 0.157 e. The van der Waals surface area contributed by atoms with Crippen LogP contribution in [0.15, 0.2) is 29.3 Å². The molecule has 0 aliphatic carbocycles. The lowest BCUT2D eigenvalue weighted by molar-refractivity contribution is 0.963. The van der Waals surface area contributed by atoms with E-state index in [9.17, 15) is 0 Å². The van der Waals surface area contributed by atoms with Crippen LogP contribution in [0.1, 0.15) is 5.56 Å². The predicted molar refractivity (Wildman–Crippen MR) is 63.1 cm³/mol. The topological polar surface area (TPSA) is 24.4 Å². The van der Waals surface area contributed by atoms with Crippen molar-refractivity contribution < 1.29 is 0 Å². The predicted octanol–water partition coefficient (Wildman–Crippen LogP) is 2.53. The third-order valence-corrected chi connectivity index (χ3v) is 3.21. The van der Waals surface area contributed by atoms with E-state index in [1.165, 1.54) is 5.56 Å². The zero-order valence-electron chi connectivity index (χ0n) is 7.66. The zero-order chi connectivity index (χ0) is 9.80. The molecule has 1 aromatic carbocycles. The monoisotopic (exact) mass is 226 g/mol. The van der Waals surface area contributed by atoms with Crippen LogP contribution < -0.4 is 5.32 Å². The SMILES string of the molecule is Clc1ccc(CSC2=NCCN2)cc1. The molecular weight excluding hydrogens is 216 g/mol. The number of halogens is 1. The Bertz CT molecular complexity index is 334. The molecule has 1 heterocycles. The summed E-state index contributed by atoms with van der Waals surface area (Å²) in [6.45, 7) is 1.88. The lowest BCUT2D eigenvalue weighted by atomic mass is 10.2. The fourth-order valence-electron chi connectivity index (χ4n) is 1.21. The molecule has 1 N–H and O–H groups in total. The highest BCUT2D eigenvalue weighted by atomic mass is 35.5. The second-order valence-electron chi connectivity index (χ2n) is 3.03. The molecule has 1 aromatic rings. The number of amidine groups is 1. The Labute approximate surface area is 92.8 Å². The van der Waals surface area contributed by atoms with Crippen LogP contribution in [0.5, 0.6) is 0 Å². The molecule has 14 heavy (non-hydrogen) atoms. The van der Waals surface area contributed by atoms with Crippen molar-refractivity contribution in [1.29, 1.82) is 0 Å². The molecule has 0 saturated heterocycles. The molecule has 2 rings (SSSR count). The minimum absolute atomic E-state index is 0.787. The van der Waals surface area contributed by atoms with E-state index in [2.05, 4.69) is 10.3 Å². The van der Waals surface area contributed by atoms with E-state index < -0.39 is 0 Å². The minimum atomic E-state index is 0.787. The molecule has 0 fully saturated rings. The van der Waals surface area contributed by atoms with Crippen molar-refractivity contribution in [2.24, 2.45) is 4.99 Å². The average Bonchev–Trinajstić information content (AvgIpc) is 2.70. The number of rotatable bonds is 2. The van der Waals surface area contributed by atoms with Crippen LogP contribution >= 0.6 is 23.4 Å². The molecule has 0 unspecified atom stereocenters. The first kappa shape index (κ1) is 9.87. The first-order chi connectivity index (χ1) is 6.84. The van der Waals surface area contributed by atoms with E-state index in [1.807, 2.05) is 24.3 Å². The van der Waals surface area contributed by atoms with Gasteiger partial charge in [0.2, 0.25) is 0 Å². The fourth-order valence-corrected chi connectivity index (χ4v) is 2.21. The summed E-state index contributed by atoms with van der Waals surface area (Å²) in [7, 11) is 0. The molecule has 0 bridgehead atoms. The molecule has 0 saturated carbocycles. The van der Waals surface area contributed by atoms with Gasteiger partial charge in [-0.3, -0.25) is 4.99 Å². The van der Waals surface area contributed by atoms with Gasteiger partial charge in [0.1, 0.15) is 0 Å². The number of thioether (sulfide) groups is 1. The van der Waals surface area contributed by atoms with Gasteiger partial charge in [0.05, 0.1) is 6.54 Å². The summed E-state index contributed by atoms with van der Waals surface area (Å²) >= 11 is 7.53. The van der Waals surface area contributed by atoms with Gasteiger partial charge in [0.15, 0.2) is 5.17 Å². The van der Waals surface area contributed by atoms with E-state index in [0.29, 0.717) is 0 Å². The first-order valence-electron chi connectivity index (χ1n) is 4.50. The molecular formula is C10H11ClN2S. The summed E-state index contributed by atoms with van der Waals surface area (Å²) in [4.78, 5) is 4.31. The van der Waals surface area contributed by atoms with Crippen molar-refractivity contribution >= 4 is 28.5 Å². The van der Waals surface area contributed by atoms with Crippen molar-refractivity contribution in [3.05, 3.63) is 34.9 Å². The summed E-state index contributed by atoms with van der Waals surface area (Å²) in [6.07, 6.45) is 0. The van der Waals surface area contributed by atoms with Gasteiger partial charge in [-0.25, -0.2) is 0 Å². The molecule has 0 spiro atoms. The molecule has 0 atom stereocenters. The van der Waals surface area contributed by atoms with Crippen molar-refractivity contribution in [3.63, 3.8) is 0 Å². The highest BCUT2D eigenvalue weighted by Crippen LogP contribution is 2.16. The summed E-state index contributed by atoms with van der Waals surface area (Å²) in [6, 6.07) is 7.93. The van der Waals surface area contributed by atoms with Crippen molar-refractivity contribution in [2.75, 3.05) is 13.1 Å². The Morgan fingerprint density at radius 1 is 1.36 bits per heavy atom. The van der Waals surface area contributed by atoms with E-state index >= 15 is 0 Å². The lowest BCUT2D eigenvalue weighted by Crippen LogP contribution is -2.14. The number of aliphatic imine (C=N–C) groups is 1. The van der Waals surface area contributed by atoms with Crippen LogP contribution in [0.25, 0.3) is 0 Å². The molecule has 0 aromatic heterocycles. The van der Waals surface area contributed by atoms with Gasteiger partial charge in [-0.2, -0.15) is 0 Å². The van der Waals surface area contributed by atoms with Crippen LogP contribution in [-0.2, 0) is 5.75 Å². The summed E-state index contributed by atoms with van der Waals surface area (Å²) in [5.74, 6) is 0.947. The Kier molecular flexibility index (Phi) is 3.32. The Morgan fingerprint density at radius 2 is 2.14 bits per heavy atom. The standard InChI is InChI=1S/C10H11ClN2S/c11-9-3-1-8(2-4-9)7-14-10-12-5-6-13-10/h1-4H,5-7H2,(H,12,13). The third-order valence-electron chi connectivity index (χ3n) is 1.93. The Balaban J connectivity index is 1.88. The van der Waals surface area contributed by atoms with Gasteiger partial charge in [0, 0.05) is 17.3 Å². The van der Waals surface area contributed by atoms with Crippen molar-refractivity contribution in [3.8, 4) is 0 Å². The Hall–Kier alpha value is -0.670. The van der Waals surface area contributed by atoms with Gasteiger partial charge in [-0.1, -0.05) is 35.5 Å². The van der Waals surface area contributed by atoms with Crippen LogP contribution in [0.2, 0.25) is 5.02 Å². The molecule has 4 heteroatoms. The number of nitrogens with zero attached hydrogens (tertiary/aromatic N) is 1. The van der Waals surface area contributed by atoms with E-state index in [4.69, 9.17) is 11.6 Å². The van der Waals surface area contributed by atoms with Gasteiger partial charge in [0.25, 0.3) is 0 Å². The molecule has 1 aliphatic heterocycles. The van der Waals surface area contributed by atoms with E-state index in [0.717, 1.165) is 29.0 Å². The maximum Gasteiger partial charge on any atom is 0.157 e. The molecule has 74 valence electrons. The second-order valence-corrected chi connectivity index (χ2v) is 4.43. The number of benzene rings is 1. The number of hydrogen-bond donors (Lipinski definition) is 1. The zero-order valence-corrected chi connectivity index (χ0v) is 9.24. The average molecular weight is 227 g/mol. The number of hydrogen-bond acceptors (Lipinski definition) is 3. The van der Waals surface area contributed by atoms with Crippen LogP contribution in [0.4, 0.5) is 0 Å². The van der Waals surface area contributed by atoms with Gasteiger partial charge in [-0.15, -0.1) is 0 Å². The Morgan fingerprint density at radius 3 is 2.79 bits per heavy atom. The normalized spacial score (nSPS) is 15.1. The summed E-state index contributed by atoms with van der Waals surface area (Å²) in [5, 5.41) is 5.07. The highest BCUT2D eigenvalue weighted by molar-refractivity contribution is 8.13. The summed E-state index contributed by atoms with van der Waals surface area (Å²) < 4.78 is 0. The van der Waals surface area contributed by atoms with Crippen molar-refractivity contribution in [2.45, 2.75) is 5.75 Å². The maximum absolute atomic E-state index is 5.80. The fraction of sp³-hybridized carbons (Fsp3) is 0.300. The van der Waals surface area contributed by atoms with Crippen LogP contribution in [0.3, 0.4) is 0 Å². The van der Waals surface area contributed by atoms with Crippen LogP contribution in [-0.4, -0.2) is 18.3 Å². The van der Waals surface area contributed by atoms with E-state index in [-0.39, 0.29) is 0 Å². The van der Waals surface area contributed by atoms with Crippen molar-refractivity contribution in [1.82, 2.24) is 5.32 Å². The summed E-state index contributed by atoms with van der Waals surface area (Å²) in [5.41, 5.74) is 1.27. The molecule has 1 aliphatic rings. The largest absolute Gasteiger partial charge is 0.363 e. The highest BCUT2D eigenvalue weighted by Gasteiger charge is 2.05. The van der Waals surface area contributed by atoms with Crippen LogP contribution in [0, 0.1) is 0 Å². The molecule has 0 radical (unpaired) electrons. The van der Waals surface area contributed by atoms with Gasteiger partial charge < -0.3 is 5.32 Å². The molecule has 0 amide bonds. The lowest BCUT2D eigenvalue weighted by Gasteiger charge is -2.02. The first-order valence-corrected chi connectivity index (χ1v) is 5.86. The maximum atomic E-state index is 5.80. The third kappa shape index (κ3) is 2.66. The second kappa shape index (κ2) is 4.71. The molecule has 2 nitrogen and oxygen atoms in total. The van der Waals surface area contributed by atoms with E-state index in [1.54, 1.807) is 11.8 Å².